The molecule has 1 fully saturated rings. The number of anilines is 1. The smallest absolute Gasteiger partial charge is 0.367 e. The molecule has 20 heavy (non-hydrogen) atoms. The van der Waals surface area contributed by atoms with Crippen molar-refractivity contribution in [3.8, 4) is 0 Å². The Morgan fingerprint density at radius 1 is 1.30 bits per heavy atom. The number of rotatable bonds is 3. The first-order valence-electron chi connectivity index (χ1n) is 6.01. The highest BCUT2D eigenvalue weighted by molar-refractivity contribution is 5.31. The second-order valence-corrected chi connectivity index (χ2v) is 4.63. The fraction of sp³-hybridized carbons (Fsp3) is 0.636. The van der Waals surface area contributed by atoms with Crippen LogP contribution >= 0.6 is 0 Å². The lowest BCUT2D eigenvalue weighted by molar-refractivity contribution is -0.141. The zero-order valence-corrected chi connectivity index (χ0v) is 10.3. The summed E-state index contributed by atoms with van der Waals surface area (Å²) in [6, 6.07) is -0.456. The molecule has 0 radical (unpaired) electrons. The molecular weight excluding hydrogens is 283 g/mol. The van der Waals surface area contributed by atoms with Crippen molar-refractivity contribution < 1.29 is 22.0 Å². The van der Waals surface area contributed by atoms with Crippen LogP contribution in [-0.4, -0.2) is 35.0 Å². The number of nitrogens with one attached hydrogen (secondary N) is 2. The molecule has 4 nitrogen and oxygen atoms in total. The highest BCUT2D eigenvalue weighted by Gasteiger charge is 2.36. The SMILES string of the molecule is FC1(F)CCNC(CNc2cnc(C(F)(F)F)cn2)C1. The highest BCUT2D eigenvalue weighted by Crippen LogP contribution is 2.28. The average molecular weight is 296 g/mol. The monoisotopic (exact) mass is 296 g/mol. The van der Waals surface area contributed by atoms with E-state index in [2.05, 4.69) is 20.6 Å². The minimum Gasteiger partial charge on any atom is -0.367 e. The fourth-order valence-corrected chi connectivity index (χ4v) is 1.93. The number of hydrogen-bond donors (Lipinski definition) is 2. The van der Waals surface area contributed by atoms with Gasteiger partial charge in [0.2, 0.25) is 0 Å². The summed E-state index contributed by atoms with van der Waals surface area (Å²) in [7, 11) is 0. The summed E-state index contributed by atoms with van der Waals surface area (Å²) < 4.78 is 63.1. The Kier molecular flexibility index (Phi) is 4.07. The Labute approximate surface area is 111 Å². The Morgan fingerprint density at radius 2 is 2.05 bits per heavy atom. The molecule has 112 valence electrons. The van der Waals surface area contributed by atoms with Crippen LogP contribution in [0.3, 0.4) is 0 Å². The van der Waals surface area contributed by atoms with Crippen molar-refractivity contribution in [1.29, 1.82) is 0 Å². The van der Waals surface area contributed by atoms with E-state index in [1.165, 1.54) is 0 Å². The van der Waals surface area contributed by atoms with Gasteiger partial charge in [0.1, 0.15) is 5.82 Å². The molecule has 0 bridgehead atoms. The lowest BCUT2D eigenvalue weighted by Gasteiger charge is -2.30. The molecule has 0 aromatic carbocycles. The van der Waals surface area contributed by atoms with E-state index in [0.717, 1.165) is 6.20 Å². The molecule has 1 aromatic rings. The van der Waals surface area contributed by atoms with Crippen molar-refractivity contribution >= 4 is 5.82 Å². The van der Waals surface area contributed by atoms with E-state index >= 15 is 0 Å². The largest absolute Gasteiger partial charge is 0.434 e. The second-order valence-electron chi connectivity index (χ2n) is 4.63. The molecule has 0 aliphatic carbocycles. The zero-order chi connectivity index (χ0) is 14.8. The van der Waals surface area contributed by atoms with Crippen LogP contribution in [0.5, 0.6) is 0 Å². The van der Waals surface area contributed by atoms with Gasteiger partial charge in [0.25, 0.3) is 5.92 Å². The summed E-state index contributed by atoms with van der Waals surface area (Å²) in [5.74, 6) is -2.59. The Morgan fingerprint density at radius 3 is 2.60 bits per heavy atom. The van der Waals surface area contributed by atoms with Gasteiger partial charge in [0.15, 0.2) is 5.69 Å². The summed E-state index contributed by atoms with van der Waals surface area (Å²) in [5.41, 5.74) is -1.09. The molecule has 2 N–H and O–H groups in total. The first-order valence-corrected chi connectivity index (χ1v) is 6.01. The topological polar surface area (TPSA) is 49.8 Å². The molecule has 0 saturated carbocycles. The van der Waals surface area contributed by atoms with Crippen molar-refractivity contribution in [2.75, 3.05) is 18.4 Å². The van der Waals surface area contributed by atoms with Crippen LogP contribution < -0.4 is 10.6 Å². The lowest BCUT2D eigenvalue weighted by atomic mass is 10.0. The maximum atomic E-state index is 13.1. The van der Waals surface area contributed by atoms with Crippen molar-refractivity contribution in [1.82, 2.24) is 15.3 Å². The fourth-order valence-electron chi connectivity index (χ4n) is 1.93. The molecule has 0 amide bonds. The van der Waals surface area contributed by atoms with Gasteiger partial charge >= 0.3 is 6.18 Å². The van der Waals surface area contributed by atoms with E-state index < -0.39 is 23.8 Å². The van der Waals surface area contributed by atoms with Gasteiger partial charge in [-0.3, -0.25) is 0 Å². The number of alkyl halides is 5. The normalized spacial score (nSPS) is 22.6. The number of hydrogen-bond acceptors (Lipinski definition) is 4. The van der Waals surface area contributed by atoms with Crippen molar-refractivity contribution in [2.45, 2.75) is 31.0 Å². The summed E-state index contributed by atoms with van der Waals surface area (Å²) in [6.07, 6.45) is -3.52. The number of nitrogens with zero attached hydrogens (tertiary/aromatic N) is 2. The Balaban J connectivity index is 1.88. The summed E-state index contributed by atoms with van der Waals surface area (Å²) >= 11 is 0. The first kappa shape index (κ1) is 14.9. The van der Waals surface area contributed by atoms with Gasteiger partial charge in [-0.05, 0) is 0 Å². The Bertz CT molecular complexity index is 445. The van der Waals surface area contributed by atoms with Crippen molar-refractivity contribution in [3.63, 3.8) is 0 Å². The molecule has 9 heteroatoms. The van der Waals surface area contributed by atoms with Gasteiger partial charge < -0.3 is 10.6 Å². The minimum atomic E-state index is -4.54. The summed E-state index contributed by atoms with van der Waals surface area (Å²) in [5, 5.41) is 5.60. The van der Waals surface area contributed by atoms with Gasteiger partial charge in [-0.15, -0.1) is 0 Å². The molecule has 0 spiro atoms. The predicted molar refractivity (Wildman–Crippen MR) is 61.5 cm³/mol. The maximum absolute atomic E-state index is 13.1. The van der Waals surface area contributed by atoms with Gasteiger partial charge in [-0.1, -0.05) is 0 Å². The van der Waals surface area contributed by atoms with Gasteiger partial charge in [-0.25, -0.2) is 18.7 Å². The molecule has 1 saturated heterocycles. The van der Waals surface area contributed by atoms with E-state index in [0.29, 0.717) is 6.20 Å². The predicted octanol–water partition coefficient (Wildman–Crippen LogP) is 2.29. The van der Waals surface area contributed by atoms with E-state index in [1.807, 2.05) is 0 Å². The lowest BCUT2D eigenvalue weighted by Crippen LogP contribution is -2.47. The molecule has 1 unspecified atom stereocenters. The standard InChI is InChI=1S/C11H13F5N4/c12-10(13)1-2-17-7(3-10)4-19-9-6-18-8(5-20-9)11(14,15)16/h5-7,17H,1-4H2,(H,19,20). The van der Waals surface area contributed by atoms with Crippen LogP contribution in [0.25, 0.3) is 0 Å². The minimum absolute atomic E-state index is 0.119. The van der Waals surface area contributed by atoms with E-state index in [4.69, 9.17) is 0 Å². The van der Waals surface area contributed by atoms with Crippen LogP contribution in [0.2, 0.25) is 0 Å². The molecule has 2 rings (SSSR count). The summed E-state index contributed by atoms with van der Waals surface area (Å²) in [4.78, 5) is 6.78. The molecular formula is C11H13F5N4. The van der Waals surface area contributed by atoms with Crippen LogP contribution in [0.1, 0.15) is 18.5 Å². The molecule has 1 aliphatic rings. The van der Waals surface area contributed by atoms with E-state index in [9.17, 15) is 22.0 Å². The van der Waals surface area contributed by atoms with E-state index in [-0.39, 0.29) is 31.7 Å². The molecule has 1 aliphatic heterocycles. The van der Waals surface area contributed by atoms with Crippen LogP contribution in [0.15, 0.2) is 12.4 Å². The van der Waals surface area contributed by atoms with Gasteiger partial charge in [-0.2, -0.15) is 13.2 Å². The molecule has 1 atom stereocenters. The van der Waals surface area contributed by atoms with Crippen LogP contribution in [0.4, 0.5) is 27.8 Å². The zero-order valence-electron chi connectivity index (χ0n) is 10.3. The van der Waals surface area contributed by atoms with Crippen molar-refractivity contribution in [3.05, 3.63) is 18.1 Å². The highest BCUT2D eigenvalue weighted by atomic mass is 19.4. The summed E-state index contributed by atoms with van der Waals surface area (Å²) in [6.45, 7) is 0.355. The van der Waals surface area contributed by atoms with Gasteiger partial charge in [0.05, 0.1) is 12.4 Å². The molecule has 1 aromatic heterocycles. The third kappa shape index (κ3) is 3.99. The maximum Gasteiger partial charge on any atom is 0.434 e. The van der Waals surface area contributed by atoms with Crippen LogP contribution in [-0.2, 0) is 6.18 Å². The number of aromatic nitrogens is 2. The number of piperidine rings is 1. The number of halogens is 5. The Hall–Kier alpha value is -1.51. The van der Waals surface area contributed by atoms with Crippen molar-refractivity contribution in [2.24, 2.45) is 0 Å². The third-order valence-corrected chi connectivity index (χ3v) is 2.94. The van der Waals surface area contributed by atoms with Gasteiger partial charge in [0, 0.05) is 32.0 Å². The first-order chi connectivity index (χ1) is 9.26. The van der Waals surface area contributed by atoms with Crippen LogP contribution in [0, 0.1) is 0 Å². The van der Waals surface area contributed by atoms with E-state index in [1.54, 1.807) is 0 Å². The quantitative estimate of drug-likeness (QED) is 0.840. The third-order valence-electron chi connectivity index (χ3n) is 2.94. The second kappa shape index (κ2) is 5.47. The molecule has 2 heterocycles. The average Bonchev–Trinajstić information content (AvgIpc) is 2.35.